The Morgan fingerprint density at radius 1 is 1.26 bits per heavy atom. The van der Waals surface area contributed by atoms with Crippen LogP contribution in [0.15, 0.2) is 24.3 Å². The van der Waals surface area contributed by atoms with E-state index in [1.807, 2.05) is 42.8 Å². The van der Waals surface area contributed by atoms with Crippen LogP contribution in [-0.4, -0.2) is 23.4 Å². The fourth-order valence-corrected chi connectivity index (χ4v) is 1.98. The van der Waals surface area contributed by atoms with Gasteiger partial charge in [0.1, 0.15) is 5.75 Å². The van der Waals surface area contributed by atoms with E-state index < -0.39 is 0 Å². The van der Waals surface area contributed by atoms with E-state index in [0.717, 1.165) is 41.6 Å². The van der Waals surface area contributed by atoms with Crippen LogP contribution in [0.3, 0.4) is 0 Å². The molecule has 19 heavy (non-hydrogen) atoms. The standard InChI is InChI=1S/C14H20N4O/c1-4-12-13(15)14(16-5-2)18(17-12)10-6-8-11(19-3)9-7-10/h6-9,16H,4-5,15H2,1-3H3. The first-order chi connectivity index (χ1) is 9.21. The third-order valence-electron chi connectivity index (χ3n) is 2.99. The number of nitrogens with two attached hydrogens (primary N) is 1. The Bertz CT molecular complexity index is 545. The summed E-state index contributed by atoms with van der Waals surface area (Å²) in [7, 11) is 1.65. The lowest BCUT2D eigenvalue weighted by atomic mass is 10.3. The van der Waals surface area contributed by atoms with Crippen molar-refractivity contribution in [3.05, 3.63) is 30.0 Å². The van der Waals surface area contributed by atoms with E-state index in [1.54, 1.807) is 7.11 Å². The van der Waals surface area contributed by atoms with Gasteiger partial charge in [0.2, 0.25) is 0 Å². The van der Waals surface area contributed by atoms with Crippen LogP contribution in [0.2, 0.25) is 0 Å². The molecule has 3 N–H and O–H groups in total. The second kappa shape index (κ2) is 5.65. The zero-order valence-electron chi connectivity index (χ0n) is 11.6. The van der Waals surface area contributed by atoms with Crippen LogP contribution in [0, 0.1) is 0 Å². The summed E-state index contributed by atoms with van der Waals surface area (Å²) in [4.78, 5) is 0. The maximum Gasteiger partial charge on any atom is 0.153 e. The molecule has 102 valence electrons. The molecule has 1 aromatic carbocycles. The largest absolute Gasteiger partial charge is 0.497 e. The van der Waals surface area contributed by atoms with Crippen LogP contribution in [0.25, 0.3) is 5.69 Å². The Kier molecular flexibility index (Phi) is 3.94. The van der Waals surface area contributed by atoms with Crippen molar-refractivity contribution < 1.29 is 4.74 Å². The molecule has 0 aliphatic heterocycles. The number of hydrogen-bond acceptors (Lipinski definition) is 4. The van der Waals surface area contributed by atoms with Crippen LogP contribution in [0.1, 0.15) is 19.5 Å². The minimum atomic E-state index is 0.722. The van der Waals surface area contributed by atoms with Crippen molar-refractivity contribution in [2.75, 3.05) is 24.7 Å². The molecule has 0 fully saturated rings. The molecular weight excluding hydrogens is 240 g/mol. The monoisotopic (exact) mass is 260 g/mol. The van der Waals surface area contributed by atoms with E-state index in [-0.39, 0.29) is 0 Å². The molecule has 0 atom stereocenters. The van der Waals surface area contributed by atoms with E-state index in [4.69, 9.17) is 10.5 Å². The number of aryl methyl sites for hydroxylation is 1. The lowest BCUT2D eigenvalue weighted by Gasteiger charge is -2.09. The first kappa shape index (κ1) is 13.3. The number of anilines is 2. The van der Waals surface area contributed by atoms with Gasteiger partial charge in [-0.25, -0.2) is 4.68 Å². The third kappa shape index (κ3) is 2.50. The van der Waals surface area contributed by atoms with Crippen LogP contribution < -0.4 is 15.8 Å². The fourth-order valence-electron chi connectivity index (χ4n) is 1.98. The SMILES string of the molecule is CCNc1c(N)c(CC)nn1-c1ccc(OC)cc1. The molecule has 0 saturated carbocycles. The van der Waals surface area contributed by atoms with Gasteiger partial charge in [0.15, 0.2) is 5.82 Å². The summed E-state index contributed by atoms with van der Waals surface area (Å²) in [6.07, 6.45) is 0.813. The quantitative estimate of drug-likeness (QED) is 0.866. The number of methoxy groups -OCH3 is 1. The highest BCUT2D eigenvalue weighted by atomic mass is 16.5. The number of nitrogens with zero attached hydrogens (tertiary/aromatic N) is 2. The van der Waals surface area contributed by atoms with Crippen molar-refractivity contribution in [1.82, 2.24) is 9.78 Å². The van der Waals surface area contributed by atoms with Crippen LogP contribution in [-0.2, 0) is 6.42 Å². The zero-order valence-corrected chi connectivity index (χ0v) is 11.6. The summed E-state index contributed by atoms with van der Waals surface area (Å²) in [6, 6.07) is 7.75. The molecule has 2 rings (SSSR count). The molecule has 0 saturated heterocycles. The lowest BCUT2D eigenvalue weighted by molar-refractivity contribution is 0.414. The summed E-state index contributed by atoms with van der Waals surface area (Å²) in [6.45, 7) is 4.89. The Morgan fingerprint density at radius 3 is 2.47 bits per heavy atom. The van der Waals surface area contributed by atoms with Gasteiger partial charge in [-0.05, 0) is 37.6 Å². The molecule has 0 aliphatic carbocycles. The van der Waals surface area contributed by atoms with Crippen LogP contribution in [0.5, 0.6) is 5.75 Å². The Balaban J connectivity index is 2.47. The highest BCUT2D eigenvalue weighted by molar-refractivity contribution is 5.67. The number of aromatic nitrogens is 2. The normalized spacial score (nSPS) is 10.5. The van der Waals surface area contributed by atoms with Gasteiger partial charge in [0, 0.05) is 6.54 Å². The molecule has 5 heteroatoms. The zero-order chi connectivity index (χ0) is 13.8. The molecule has 0 bridgehead atoms. The Labute approximate surface area is 113 Å². The van der Waals surface area contributed by atoms with Gasteiger partial charge >= 0.3 is 0 Å². The first-order valence-corrected chi connectivity index (χ1v) is 6.46. The average molecular weight is 260 g/mol. The van der Waals surface area contributed by atoms with Crippen molar-refractivity contribution >= 4 is 11.5 Å². The molecule has 1 heterocycles. The second-order valence-corrected chi connectivity index (χ2v) is 4.20. The Morgan fingerprint density at radius 2 is 1.95 bits per heavy atom. The number of nitrogens with one attached hydrogen (secondary N) is 1. The lowest BCUT2D eigenvalue weighted by Crippen LogP contribution is -2.07. The average Bonchev–Trinajstić information content (AvgIpc) is 2.76. The summed E-state index contributed by atoms with van der Waals surface area (Å²) in [5.74, 6) is 1.68. The predicted octanol–water partition coefficient (Wildman–Crippen LogP) is 2.46. The maximum atomic E-state index is 6.12. The minimum absolute atomic E-state index is 0.722. The van der Waals surface area contributed by atoms with Gasteiger partial charge in [0.05, 0.1) is 24.2 Å². The number of nitrogen functional groups attached to an aromatic ring is 1. The smallest absolute Gasteiger partial charge is 0.153 e. The van der Waals surface area contributed by atoms with Crippen LogP contribution >= 0.6 is 0 Å². The van der Waals surface area contributed by atoms with Crippen molar-refractivity contribution in [3.8, 4) is 11.4 Å². The van der Waals surface area contributed by atoms with E-state index in [0.29, 0.717) is 0 Å². The van der Waals surface area contributed by atoms with Crippen molar-refractivity contribution in [1.29, 1.82) is 0 Å². The summed E-state index contributed by atoms with van der Waals surface area (Å²) in [5.41, 5.74) is 8.72. The third-order valence-corrected chi connectivity index (χ3v) is 2.99. The van der Waals surface area contributed by atoms with Gasteiger partial charge < -0.3 is 15.8 Å². The minimum Gasteiger partial charge on any atom is -0.497 e. The molecule has 2 aromatic rings. The highest BCUT2D eigenvalue weighted by Gasteiger charge is 2.14. The first-order valence-electron chi connectivity index (χ1n) is 6.46. The molecule has 0 unspecified atom stereocenters. The van der Waals surface area contributed by atoms with Crippen LogP contribution in [0.4, 0.5) is 11.5 Å². The van der Waals surface area contributed by atoms with Crippen molar-refractivity contribution in [2.24, 2.45) is 0 Å². The number of rotatable bonds is 5. The number of benzene rings is 1. The van der Waals surface area contributed by atoms with Crippen molar-refractivity contribution in [2.45, 2.75) is 20.3 Å². The Hall–Kier alpha value is -2.17. The highest BCUT2D eigenvalue weighted by Crippen LogP contribution is 2.27. The fraction of sp³-hybridized carbons (Fsp3) is 0.357. The van der Waals surface area contributed by atoms with Crippen molar-refractivity contribution in [3.63, 3.8) is 0 Å². The van der Waals surface area contributed by atoms with E-state index in [9.17, 15) is 0 Å². The number of ether oxygens (including phenoxy) is 1. The second-order valence-electron chi connectivity index (χ2n) is 4.20. The maximum absolute atomic E-state index is 6.12. The molecule has 0 spiro atoms. The summed E-state index contributed by atoms with van der Waals surface area (Å²) in [5, 5.41) is 7.83. The summed E-state index contributed by atoms with van der Waals surface area (Å²) >= 11 is 0. The van der Waals surface area contributed by atoms with Gasteiger partial charge in [-0.1, -0.05) is 6.92 Å². The number of hydrogen-bond donors (Lipinski definition) is 2. The molecule has 0 aliphatic rings. The molecule has 1 aromatic heterocycles. The van der Waals surface area contributed by atoms with E-state index in [1.165, 1.54) is 0 Å². The molecule has 0 amide bonds. The van der Waals surface area contributed by atoms with E-state index >= 15 is 0 Å². The van der Waals surface area contributed by atoms with Gasteiger partial charge in [-0.15, -0.1) is 0 Å². The van der Waals surface area contributed by atoms with Gasteiger partial charge in [-0.2, -0.15) is 5.10 Å². The van der Waals surface area contributed by atoms with E-state index in [2.05, 4.69) is 10.4 Å². The summed E-state index contributed by atoms with van der Waals surface area (Å²) < 4.78 is 7.01. The topological polar surface area (TPSA) is 65.1 Å². The molecular formula is C14H20N4O. The molecule has 5 nitrogen and oxygen atoms in total. The predicted molar refractivity (Wildman–Crippen MR) is 78.1 cm³/mol. The molecule has 0 radical (unpaired) electrons. The van der Waals surface area contributed by atoms with Gasteiger partial charge in [-0.3, -0.25) is 0 Å². The van der Waals surface area contributed by atoms with Gasteiger partial charge in [0.25, 0.3) is 0 Å².